The smallest absolute Gasteiger partial charge is 0.323 e. The molecule has 0 bridgehead atoms. The Morgan fingerprint density at radius 3 is 2.48 bits per heavy atom. The molecule has 0 saturated heterocycles. The number of anilines is 1. The van der Waals surface area contributed by atoms with Gasteiger partial charge in [-0.3, -0.25) is 4.79 Å². The zero-order valence-corrected chi connectivity index (χ0v) is 11.6. The van der Waals surface area contributed by atoms with Crippen molar-refractivity contribution in [3.8, 4) is 5.75 Å². The molecule has 0 aliphatic carbocycles. The number of hydrogen-bond acceptors (Lipinski definition) is 3. The first kappa shape index (κ1) is 14.8. The number of aryl methyl sites for hydroxylation is 1. The van der Waals surface area contributed by atoms with Crippen molar-refractivity contribution >= 4 is 11.7 Å². The van der Waals surface area contributed by atoms with Crippen LogP contribution in [-0.2, 0) is 11.3 Å². The summed E-state index contributed by atoms with van der Waals surface area (Å²) < 4.78 is 13.3. The van der Waals surface area contributed by atoms with Crippen LogP contribution in [0.1, 0.15) is 11.1 Å². The second kappa shape index (κ2) is 6.26. The molecule has 0 radical (unpaired) electrons. The molecule has 5 heteroatoms. The lowest BCUT2D eigenvalue weighted by Gasteiger charge is -2.23. The van der Waals surface area contributed by atoms with Gasteiger partial charge in [0.2, 0.25) is 0 Å². The molecule has 0 spiro atoms. The van der Waals surface area contributed by atoms with E-state index in [1.54, 1.807) is 17.0 Å². The number of rotatable bonds is 5. The average molecular weight is 289 g/mol. The highest BCUT2D eigenvalue weighted by Crippen LogP contribution is 2.23. The van der Waals surface area contributed by atoms with Gasteiger partial charge in [-0.25, -0.2) is 4.39 Å². The minimum absolute atomic E-state index is 0.0566. The number of carboxylic acids is 1. The van der Waals surface area contributed by atoms with Gasteiger partial charge >= 0.3 is 5.97 Å². The highest BCUT2D eigenvalue weighted by atomic mass is 19.1. The van der Waals surface area contributed by atoms with E-state index in [0.29, 0.717) is 11.3 Å². The molecule has 2 aromatic rings. The van der Waals surface area contributed by atoms with E-state index < -0.39 is 11.8 Å². The minimum atomic E-state index is -0.994. The van der Waals surface area contributed by atoms with Gasteiger partial charge in [-0.1, -0.05) is 17.7 Å². The summed E-state index contributed by atoms with van der Waals surface area (Å²) in [6.07, 6.45) is 0. The van der Waals surface area contributed by atoms with Crippen molar-refractivity contribution in [2.24, 2.45) is 0 Å². The molecule has 2 aromatic carbocycles. The third kappa shape index (κ3) is 3.95. The van der Waals surface area contributed by atoms with Gasteiger partial charge in [-0.05, 0) is 37.3 Å². The maximum Gasteiger partial charge on any atom is 0.323 e. The number of halogens is 1. The predicted molar refractivity (Wildman–Crippen MR) is 77.9 cm³/mol. The Balaban J connectivity index is 2.30. The number of carboxylic acid groups (broad SMARTS) is 1. The van der Waals surface area contributed by atoms with Crippen LogP contribution in [0.4, 0.5) is 10.1 Å². The second-order valence-electron chi connectivity index (χ2n) is 4.86. The molecule has 110 valence electrons. The fraction of sp³-hybridized carbons (Fsp3) is 0.188. The Hall–Kier alpha value is -2.56. The van der Waals surface area contributed by atoms with Crippen molar-refractivity contribution in [2.45, 2.75) is 13.5 Å². The zero-order valence-electron chi connectivity index (χ0n) is 11.6. The minimum Gasteiger partial charge on any atom is -0.508 e. The van der Waals surface area contributed by atoms with Gasteiger partial charge in [0.25, 0.3) is 0 Å². The fourth-order valence-electron chi connectivity index (χ4n) is 2.04. The molecule has 0 aliphatic rings. The summed E-state index contributed by atoms with van der Waals surface area (Å²) in [7, 11) is 0. The van der Waals surface area contributed by atoms with Crippen molar-refractivity contribution in [2.75, 3.05) is 11.4 Å². The molecule has 0 aromatic heterocycles. The Morgan fingerprint density at radius 1 is 1.19 bits per heavy atom. The van der Waals surface area contributed by atoms with E-state index in [1.165, 1.54) is 12.1 Å². The van der Waals surface area contributed by atoms with Crippen LogP contribution >= 0.6 is 0 Å². The molecule has 0 amide bonds. The largest absolute Gasteiger partial charge is 0.508 e. The van der Waals surface area contributed by atoms with Crippen LogP contribution in [0.2, 0.25) is 0 Å². The molecule has 2 rings (SSSR count). The summed E-state index contributed by atoms with van der Waals surface area (Å²) in [5.41, 5.74) is 2.10. The van der Waals surface area contributed by atoms with Crippen LogP contribution in [0.25, 0.3) is 0 Å². The van der Waals surface area contributed by atoms with E-state index in [4.69, 9.17) is 5.11 Å². The predicted octanol–water partition coefficient (Wildman–Crippen LogP) is 2.93. The van der Waals surface area contributed by atoms with E-state index in [0.717, 1.165) is 11.6 Å². The number of hydrogen-bond donors (Lipinski definition) is 2. The molecule has 0 heterocycles. The fourth-order valence-corrected chi connectivity index (χ4v) is 2.04. The first-order valence-corrected chi connectivity index (χ1v) is 6.46. The Bertz CT molecular complexity index is 640. The van der Waals surface area contributed by atoms with Crippen LogP contribution < -0.4 is 4.90 Å². The summed E-state index contributed by atoms with van der Waals surface area (Å²) in [6.45, 7) is 1.81. The van der Waals surface area contributed by atoms with E-state index in [1.807, 2.05) is 19.1 Å². The molecule has 0 atom stereocenters. The van der Waals surface area contributed by atoms with Gasteiger partial charge in [-0.15, -0.1) is 0 Å². The number of aromatic hydroxyl groups is 1. The molecular formula is C16H16FNO3. The Kier molecular flexibility index (Phi) is 4.42. The molecule has 0 saturated carbocycles. The Morgan fingerprint density at radius 2 is 1.86 bits per heavy atom. The highest BCUT2D eigenvalue weighted by Gasteiger charge is 2.14. The van der Waals surface area contributed by atoms with Gasteiger partial charge in [0.15, 0.2) is 0 Å². The first-order chi connectivity index (χ1) is 9.95. The molecule has 0 fully saturated rings. The first-order valence-electron chi connectivity index (χ1n) is 6.46. The number of benzene rings is 2. The molecule has 21 heavy (non-hydrogen) atoms. The van der Waals surface area contributed by atoms with Crippen molar-refractivity contribution in [3.63, 3.8) is 0 Å². The second-order valence-corrected chi connectivity index (χ2v) is 4.86. The van der Waals surface area contributed by atoms with Gasteiger partial charge in [0.1, 0.15) is 18.1 Å². The molecule has 0 aliphatic heterocycles. The van der Waals surface area contributed by atoms with E-state index in [9.17, 15) is 14.3 Å². The summed E-state index contributed by atoms with van der Waals surface area (Å²) in [5, 5.41) is 18.8. The van der Waals surface area contributed by atoms with Crippen LogP contribution in [-0.4, -0.2) is 22.7 Å². The van der Waals surface area contributed by atoms with Gasteiger partial charge in [-0.2, -0.15) is 0 Å². The third-order valence-corrected chi connectivity index (χ3v) is 3.13. The maximum absolute atomic E-state index is 13.3. The van der Waals surface area contributed by atoms with Gasteiger partial charge in [0.05, 0.1) is 0 Å². The lowest BCUT2D eigenvalue weighted by Crippen LogP contribution is -2.29. The van der Waals surface area contributed by atoms with E-state index in [2.05, 4.69) is 0 Å². The normalized spacial score (nSPS) is 10.4. The number of nitrogens with zero attached hydrogens (tertiary/aromatic N) is 1. The van der Waals surface area contributed by atoms with Gasteiger partial charge < -0.3 is 15.1 Å². The van der Waals surface area contributed by atoms with Crippen LogP contribution in [0.15, 0.2) is 42.5 Å². The summed E-state index contributed by atoms with van der Waals surface area (Å²) in [5.74, 6) is -1.52. The molecule has 4 nitrogen and oxygen atoms in total. The van der Waals surface area contributed by atoms with E-state index in [-0.39, 0.29) is 18.8 Å². The monoisotopic (exact) mass is 289 g/mol. The standard InChI is InChI=1S/C16H16FNO3/c1-11-2-5-14(6-3-11)18(10-16(20)21)9-12-8-13(17)4-7-15(12)19/h2-8,19H,9-10H2,1H3,(H,20,21). The molecular weight excluding hydrogens is 273 g/mol. The summed E-state index contributed by atoms with van der Waals surface area (Å²) in [6, 6.07) is 11.0. The van der Waals surface area contributed by atoms with Crippen molar-refractivity contribution < 1.29 is 19.4 Å². The van der Waals surface area contributed by atoms with Crippen LogP contribution in [0, 0.1) is 12.7 Å². The van der Waals surface area contributed by atoms with Crippen molar-refractivity contribution in [1.29, 1.82) is 0 Å². The number of aliphatic carboxylic acids is 1. The average Bonchev–Trinajstić information content (AvgIpc) is 2.42. The van der Waals surface area contributed by atoms with Crippen molar-refractivity contribution in [3.05, 3.63) is 59.4 Å². The highest BCUT2D eigenvalue weighted by molar-refractivity contribution is 5.73. The van der Waals surface area contributed by atoms with Crippen LogP contribution in [0.3, 0.4) is 0 Å². The van der Waals surface area contributed by atoms with Gasteiger partial charge in [0, 0.05) is 17.8 Å². The lowest BCUT2D eigenvalue weighted by atomic mass is 10.1. The number of carbonyl (C=O) groups is 1. The topological polar surface area (TPSA) is 60.8 Å². The van der Waals surface area contributed by atoms with Crippen molar-refractivity contribution in [1.82, 2.24) is 0 Å². The zero-order chi connectivity index (χ0) is 15.4. The SMILES string of the molecule is Cc1ccc(N(CC(=O)O)Cc2cc(F)ccc2O)cc1. The summed E-state index contributed by atoms with van der Waals surface area (Å²) in [4.78, 5) is 12.6. The lowest BCUT2D eigenvalue weighted by molar-refractivity contribution is -0.135. The summed E-state index contributed by atoms with van der Waals surface area (Å²) >= 11 is 0. The maximum atomic E-state index is 13.3. The number of phenolic OH excluding ortho intramolecular Hbond substituents is 1. The molecule has 0 unspecified atom stereocenters. The van der Waals surface area contributed by atoms with E-state index >= 15 is 0 Å². The number of phenols is 1. The Labute approximate surface area is 122 Å². The third-order valence-electron chi connectivity index (χ3n) is 3.13. The quantitative estimate of drug-likeness (QED) is 0.888. The molecule has 2 N–H and O–H groups in total. The van der Waals surface area contributed by atoms with Crippen LogP contribution in [0.5, 0.6) is 5.75 Å².